The third-order valence-electron chi connectivity index (χ3n) is 7.02. The number of H-pyrrole nitrogens is 1. The average molecular weight is 587 g/mol. The highest BCUT2D eigenvalue weighted by Gasteiger charge is 2.31. The number of fused-ring (bicyclic) bond motifs is 4. The van der Waals surface area contributed by atoms with Crippen molar-refractivity contribution in [1.29, 1.82) is 0 Å². The maximum atomic E-state index is 13.4. The van der Waals surface area contributed by atoms with Crippen molar-refractivity contribution in [2.75, 3.05) is 0 Å². The van der Waals surface area contributed by atoms with Gasteiger partial charge >= 0.3 is 5.97 Å². The van der Waals surface area contributed by atoms with Crippen LogP contribution in [0.2, 0.25) is 5.02 Å². The SMILES string of the molecule is CCCc1cc2c(s1)-n1c(nnc1[C@@H](CCC(=O)O)NC(=O)c1cc3ccccc3[nH]1)CN=C2c1ccccc1Cl. The van der Waals surface area contributed by atoms with Crippen molar-refractivity contribution in [3.63, 3.8) is 0 Å². The molecule has 4 heterocycles. The lowest BCUT2D eigenvalue weighted by Gasteiger charge is -2.19. The number of carboxylic acid groups (broad SMARTS) is 1. The van der Waals surface area contributed by atoms with Gasteiger partial charge in [0.2, 0.25) is 0 Å². The summed E-state index contributed by atoms with van der Waals surface area (Å²) >= 11 is 8.23. The van der Waals surface area contributed by atoms with E-state index in [2.05, 4.69) is 33.5 Å². The summed E-state index contributed by atoms with van der Waals surface area (Å²) in [6.45, 7) is 2.38. The highest BCUT2D eigenvalue weighted by molar-refractivity contribution is 7.15. The molecule has 5 aromatic rings. The topological polar surface area (TPSA) is 125 Å². The van der Waals surface area contributed by atoms with Crippen molar-refractivity contribution >= 4 is 51.4 Å². The van der Waals surface area contributed by atoms with Gasteiger partial charge in [0, 0.05) is 38.4 Å². The first-order valence-corrected chi connectivity index (χ1v) is 14.6. The van der Waals surface area contributed by atoms with Crippen molar-refractivity contribution < 1.29 is 14.7 Å². The maximum Gasteiger partial charge on any atom is 0.303 e. The Kier molecular flexibility index (Phi) is 7.42. The lowest BCUT2D eigenvalue weighted by Crippen LogP contribution is -2.31. The smallest absolute Gasteiger partial charge is 0.303 e. The second-order valence-electron chi connectivity index (χ2n) is 9.86. The minimum atomic E-state index is -0.961. The third kappa shape index (κ3) is 5.28. The van der Waals surface area contributed by atoms with Crippen LogP contribution in [0.15, 0.2) is 65.7 Å². The Morgan fingerprint density at radius 1 is 1.12 bits per heavy atom. The van der Waals surface area contributed by atoms with E-state index in [-0.39, 0.29) is 25.3 Å². The lowest BCUT2D eigenvalue weighted by atomic mass is 10.0. The molecule has 3 N–H and O–H groups in total. The molecule has 0 bridgehead atoms. The summed E-state index contributed by atoms with van der Waals surface area (Å²) in [7, 11) is 0. The molecule has 2 aromatic carbocycles. The van der Waals surface area contributed by atoms with E-state index in [1.807, 2.05) is 53.1 Å². The fourth-order valence-electron chi connectivity index (χ4n) is 5.10. The Balaban J connectivity index is 1.43. The zero-order valence-corrected chi connectivity index (χ0v) is 23.8. The molecule has 0 radical (unpaired) electrons. The Bertz CT molecular complexity index is 1770. The summed E-state index contributed by atoms with van der Waals surface area (Å²) in [5, 5.41) is 23.9. The number of aromatic amines is 1. The van der Waals surface area contributed by atoms with E-state index in [1.54, 1.807) is 17.4 Å². The molecule has 11 heteroatoms. The number of aliphatic imine (C=N–C) groups is 1. The molecule has 0 aliphatic carbocycles. The molecule has 1 amide bonds. The second kappa shape index (κ2) is 11.3. The van der Waals surface area contributed by atoms with Crippen molar-refractivity contribution in [1.82, 2.24) is 25.1 Å². The van der Waals surface area contributed by atoms with Gasteiger partial charge in [0.05, 0.1) is 11.8 Å². The Hall–Kier alpha value is -4.28. The summed E-state index contributed by atoms with van der Waals surface area (Å²) < 4.78 is 1.94. The van der Waals surface area contributed by atoms with E-state index in [9.17, 15) is 14.7 Å². The number of hydrogen-bond acceptors (Lipinski definition) is 6. The monoisotopic (exact) mass is 586 g/mol. The Morgan fingerprint density at radius 3 is 2.71 bits per heavy atom. The van der Waals surface area contributed by atoms with Crippen LogP contribution in [-0.2, 0) is 17.8 Å². The number of aliphatic carboxylic acids is 1. The van der Waals surface area contributed by atoms with Crippen LogP contribution in [-0.4, -0.2) is 42.4 Å². The van der Waals surface area contributed by atoms with Gasteiger partial charge in [-0.2, -0.15) is 0 Å². The van der Waals surface area contributed by atoms with Crippen molar-refractivity contribution in [2.24, 2.45) is 4.99 Å². The van der Waals surface area contributed by atoms with Crippen LogP contribution in [0.3, 0.4) is 0 Å². The number of rotatable bonds is 9. The molecule has 0 saturated carbocycles. The normalized spacial score (nSPS) is 13.3. The molecule has 0 saturated heterocycles. The average Bonchev–Trinajstić information content (AvgIpc) is 3.67. The molecule has 0 unspecified atom stereocenters. The number of nitrogens with one attached hydrogen (secondary N) is 2. The molecular formula is C30H27ClN6O3S. The van der Waals surface area contributed by atoms with E-state index < -0.39 is 12.0 Å². The number of thiophene rings is 1. The number of carboxylic acids is 1. The molecule has 208 valence electrons. The summed E-state index contributed by atoms with van der Waals surface area (Å²) in [6, 6.07) is 18.4. The van der Waals surface area contributed by atoms with Crippen LogP contribution >= 0.6 is 22.9 Å². The van der Waals surface area contributed by atoms with Gasteiger partial charge in [0.25, 0.3) is 5.91 Å². The number of aromatic nitrogens is 4. The van der Waals surface area contributed by atoms with E-state index in [4.69, 9.17) is 16.6 Å². The molecule has 0 spiro atoms. The number of hydrogen-bond donors (Lipinski definition) is 3. The predicted molar refractivity (Wildman–Crippen MR) is 159 cm³/mol. The van der Waals surface area contributed by atoms with Crippen LogP contribution in [0.25, 0.3) is 15.9 Å². The van der Waals surface area contributed by atoms with Gasteiger partial charge in [0.15, 0.2) is 11.6 Å². The summed E-state index contributed by atoms with van der Waals surface area (Å²) in [4.78, 5) is 34.3. The van der Waals surface area contributed by atoms with Gasteiger partial charge in [-0.15, -0.1) is 21.5 Å². The Labute approximate surface area is 244 Å². The number of carbonyl (C=O) groups is 2. The van der Waals surface area contributed by atoms with Gasteiger partial charge < -0.3 is 15.4 Å². The second-order valence-corrected chi connectivity index (χ2v) is 11.4. The number of amides is 1. The first kappa shape index (κ1) is 26.9. The van der Waals surface area contributed by atoms with E-state index in [0.717, 1.165) is 45.6 Å². The molecule has 1 aliphatic rings. The van der Waals surface area contributed by atoms with Crippen molar-refractivity contribution in [2.45, 2.75) is 45.2 Å². The zero-order chi connectivity index (χ0) is 28.5. The number of benzene rings is 2. The Morgan fingerprint density at radius 2 is 1.93 bits per heavy atom. The molecule has 41 heavy (non-hydrogen) atoms. The standard InChI is InChI=1S/C30H27ClN6O3S/c1-2-7-18-15-20-27(19-9-4-5-10-21(19)31)32-16-25-35-36-28(37(25)30(20)41-18)23(12-13-26(38)39)34-29(40)24-14-17-8-3-6-11-22(17)33-24/h3-6,8-11,14-15,23,33H,2,7,12-13,16H2,1H3,(H,34,40)(H,38,39)/t23-/m1/s1. The highest BCUT2D eigenvalue weighted by Crippen LogP contribution is 2.36. The van der Waals surface area contributed by atoms with Crippen LogP contribution in [0.5, 0.6) is 0 Å². The first-order valence-electron chi connectivity index (χ1n) is 13.4. The van der Waals surface area contributed by atoms with Crippen LogP contribution < -0.4 is 5.32 Å². The number of halogens is 1. The molecule has 1 aliphatic heterocycles. The maximum absolute atomic E-state index is 13.4. The van der Waals surface area contributed by atoms with Gasteiger partial charge in [-0.3, -0.25) is 19.1 Å². The van der Waals surface area contributed by atoms with Crippen molar-refractivity contribution in [3.8, 4) is 5.00 Å². The molecule has 1 atom stereocenters. The molecular weight excluding hydrogens is 560 g/mol. The molecule has 3 aromatic heterocycles. The van der Waals surface area contributed by atoms with Gasteiger partial charge in [-0.1, -0.05) is 61.3 Å². The number of para-hydroxylation sites is 1. The zero-order valence-electron chi connectivity index (χ0n) is 22.2. The molecule has 9 nitrogen and oxygen atoms in total. The summed E-state index contributed by atoms with van der Waals surface area (Å²) in [5.41, 5.74) is 3.72. The molecule has 6 rings (SSSR count). The number of carbonyl (C=O) groups excluding carboxylic acids is 1. The van der Waals surface area contributed by atoms with E-state index in [0.29, 0.717) is 22.4 Å². The van der Waals surface area contributed by atoms with Gasteiger partial charge in [-0.05, 0) is 37.1 Å². The van der Waals surface area contributed by atoms with Crippen LogP contribution in [0, 0.1) is 0 Å². The lowest BCUT2D eigenvalue weighted by molar-refractivity contribution is -0.137. The quantitative estimate of drug-likeness (QED) is 0.192. The summed E-state index contributed by atoms with van der Waals surface area (Å²) in [6.07, 6.45) is 1.85. The third-order valence-corrected chi connectivity index (χ3v) is 8.53. The molecule has 0 fully saturated rings. The largest absolute Gasteiger partial charge is 0.481 e. The minimum absolute atomic E-state index is 0.139. The fourth-order valence-corrected chi connectivity index (χ4v) is 6.61. The van der Waals surface area contributed by atoms with Gasteiger partial charge in [-0.25, -0.2) is 0 Å². The van der Waals surface area contributed by atoms with Crippen molar-refractivity contribution in [3.05, 3.63) is 99.0 Å². The van der Waals surface area contributed by atoms with E-state index >= 15 is 0 Å². The van der Waals surface area contributed by atoms with Crippen LogP contribution in [0.1, 0.15) is 70.4 Å². The number of aryl methyl sites for hydroxylation is 1. The number of nitrogens with zero attached hydrogens (tertiary/aromatic N) is 4. The minimum Gasteiger partial charge on any atom is -0.481 e. The predicted octanol–water partition coefficient (Wildman–Crippen LogP) is 6.10. The first-order chi connectivity index (χ1) is 19.9. The van der Waals surface area contributed by atoms with Gasteiger partial charge in [0.1, 0.15) is 17.2 Å². The van der Waals surface area contributed by atoms with E-state index in [1.165, 1.54) is 4.88 Å². The highest BCUT2D eigenvalue weighted by atomic mass is 35.5. The van der Waals surface area contributed by atoms with Crippen LogP contribution in [0.4, 0.5) is 0 Å². The summed E-state index contributed by atoms with van der Waals surface area (Å²) in [5.74, 6) is -0.244. The fraction of sp³-hybridized carbons (Fsp3) is 0.233.